The van der Waals surface area contributed by atoms with Gasteiger partial charge in [-0.2, -0.15) is 0 Å². The van der Waals surface area contributed by atoms with Gasteiger partial charge in [0.05, 0.1) is 10.3 Å². The molecule has 1 aromatic heterocycles. The number of nitrogens with zero attached hydrogens (tertiary/aromatic N) is 1. The van der Waals surface area contributed by atoms with Gasteiger partial charge < -0.3 is 14.3 Å². The summed E-state index contributed by atoms with van der Waals surface area (Å²) in [4.78, 5) is 21.4. The number of carboxylic acids is 1. The van der Waals surface area contributed by atoms with E-state index in [0.717, 1.165) is 5.56 Å². The third-order valence-electron chi connectivity index (χ3n) is 3.65. The Morgan fingerprint density at radius 3 is 2.58 bits per heavy atom. The van der Waals surface area contributed by atoms with Crippen molar-refractivity contribution in [2.75, 3.05) is 0 Å². The standard InChI is InChI=1S/C17H13NO6/c1-10-15-13(3-2-4-14(15)24-16(10)17(19)20)23-9-11-5-7-12(8-6-11)18(21)22/h2-8H,9H2,1H3,(H,19,20). The summed E-state index contributed by atoms with van der Waals surface area (Å²) in [7, 11) is 0. The summed E-state index contributed by atoms with van der Waals surface area (Å²) in [6, 6.07) is 11.2. The first-order valence-electron chi connectivity index (χ1n) is 7.09. The van der Waals surface area contributed by atoms with E-state index in [1.807, 2.05) is 0 Å². The Labute approximate surface area is 136 Å². The third kappa shape index (κ3) is 2.79. The van der Waals surface area contributed by atoms with Crippen molar-refractivity contribution in [3.63, 3.8) is 0 Å². The fraction of sp³-hybridized carbons (Fsp3) is 0.118. The van der Waals surface area contributed by atoms with Gasteiger partial charge in [0.1, 0.15) is 17.9 Å². The molecule has 0 saturated carbocycles. The van der Waals surface area contributed by atoms with Crippen LogP contribution in [-0.2, 0) is 6.61 Å². The number of hydrogen-bond acceptors (Lipinski definition) is 5. The van der Waals surface area contributed by atoms with Crippen LogP contribution >= 0.6 is 0 Å². The van der Waals surface area contributed by atoms with E-state index in [9.17, 15) is 14.9 Å². The Hall–Kier alpha value is -3.35. The molecule has 122 valence electrons. The second-order valence-electron chi connectivity index (χ2n) is 5.20. The zero-order valence-electron chi connectivity index (χ0n) is 12.7. The highest BCUT2D eigenvalue weighted by Gasteiger charge is 2.19. The summed E-state index contributed by atoms with van der Waals surface area (Å²) in [5.74, 6) is -0.749. The smallest absolute Gasteiger partial charge is 0.372 e. The molecule has 7 heteroatoms. The van der Waals surface area contributed by atoms with E-state index in [1.54, 1.807) is 37.3 Å². The molecule has 2 aromatic carbocycles. The predicted molar refractivity (Wildman–Crippen MR) is 85.3 cm³/mol. The van der Waals surface area contributed by atoms with Crippen LogP contribution in [0, 0.1) is 17.0 Å². The van der Waals surface area contributed by atoms with Crippen molar-refractivity contribution in [2.45, 2.75) is 13.5 Å². The number of benzene rings is 2. The lowest BCUT2D eigenvalue weighted by molar-refractivity contribution is -0.384. The number of ether oxygens (including phenoxy) is 1. The molecular weight excluding hydrogens is 314 g/mol. The molecule has 0 spiro atoms. The van der Waals surface area contributed by atoms with Gasteiger partial charge in [0.15, 0.2) is 0 Å². The molecule has 24 heavy (non-hydrogen) atoms. The van der Waals surface area contributed by atoms with Crippen LogP contribution in [0.15, 0.2) is 46.9 Å². The van der Waals surface area contributed by atoms with E-state index in [4.69, 9.17) is 14.3 Å². The topological polar surface area (TPSA) is 103 Å². The molecule has 0 bridgehead atoms. The van der Waals surface area contributed by atoms with Gasteiger partial charge in [-0.25, -0.2) is 4.79 Å². The highest BCUT2D eigenvalue weighted by Crippen LogP contribution is 2.33. The fourth-order valence-corrected chi connectivity index (χ4v) is 2.46. The van der Waals surface area contributed by atoms with Gasteiger partial charge in [-0.3, -0.25) is 10.1 Å². The van der Waals surface area contributed by atoms with E-state index >= 15 is 0 Å². The summed E-state index contributed by atoms with van der Waals surface area (Å²) in [6.45, 7) is 1.86. The van der Waals surface area contributed by atoms with E-state index in [-0.39, 0.29) is 18.1 Å². The van der Waals surface area contributed by atoms with Crippen LogP contribution in [0.4, 0.5) is 5.69 Å². The summed E-state index contributed by atoms with van der Waals surface area (Å²) in [5, 5.41) is 20.4. The maximum Gasteiger partial charge on any atom is 0.372 e. The van der Waals surface area contributed by atoms with Crippen LogP contribution in [0.5, 0.6) is 5.75 Å². The fourth-order valence-electron chi connectivity index (χ4n) is 2.46. The normalized spacial score (nSPS) is 10.7. The van der Waals surface area contributed by atoms with Crippen molar-refractivity contribution in [3.05, 3.63) is 69.5 Å². The van der Waals surface area contributed by atoms with Crippen molar-refractivity contribution in [1.82, 2.24) is 0 Å². The first-order valence-corrected chi connectivity index (χ1v) is 7.09. The minimum atomic E-state index is -1.13. The van der Waals surface area contributed by atoms with Crippen LogP contribution < -0.4 is 4.74 Å². The number of fused-ring (bicyclic) bond motifs is 1. The molecule has 0 amide bonds. The Bertz CT molecular complexity index is 926. The average Bonchev–Trinajstić information content (AvgIpc) is 2.91. The molecule has 0 radical (unpaired) electrons. The Morgan fingerprint density at radius 2 is 1.96 bits per heavy atom. The van der Waals surface area contributed by atoms with Crippen molar-refractivity contribution in [1.29, 1.82) is 0 Å². The lowest BCUT2D eigenvalue weighted by Gasteiger charge is -2.07. The molecule has 0 aliphatic rings. The van der Waals surface area contributed by atoms with Gasteiger partial charge in [-0.1, -0.05) is 6.07 Å². The predicted octanol–water partition coefficient (Wildman–Crippen LogP) is 3.93. The average molecular weight is 327 g/mol. The first kappa shape index (κ1) is 15.5. The number of nitro groups is 1. The maximum absolute atomic E-state index is 11.2. The monoisotopic (exact) mass is 327 g/mol. The number of carbonyl (C=O) groups is 1. The van der Waals surface area contributed by atoms with Crippen molar-refractivity contribution >= 4 is 22.6 Å². The maximum atomic E-state index is 11.2. The Balaban J connectivity index is 1.87. The number of furan rings is 1. The second kappa shape index (κ2) is 6.04. The van der Waals surface area contributed by atoms with Crippen molar-refractivity contribution in [3.8, 4) is 5.75 Å². The molecular formula is C17H13NO6. The first-order chi connectivity index (χ1) is 11.5. The highest BCUT2D eigenvalue weighted by molar-refractivity contribution is 5.97. The largest absolute Gasteiger partial charge is 0.488 e. The Morgan fingerprint density at radius 1 is 1.25 bits per heavy atom. The molecule has 3 rings (SSSR count). The van der Waals surface area contributed by atoms with Gasteiger partial charge in [-0.15, -0.1) is 0 Å². The van der Waals surface area contributed by atoms with E-state index < -0.39 is 10.9 Å². The SMILES string of the molecule is Cc1c(C(=O)O)oc2cccc(OCc3ccc([N+](=O)[O-])cc3)c12. The van der Waals surface area contributed by atoms with E-state index in [1.165, 1.54) is 12.1 Å². The summed E-state index contributed by atoms with van der Waals surface area (Å²) < 4.78 is 11.1. The van der Waals surface area contributed by atoms with Crippen LogP contribution in [0.2, 0.25) is 0 Å². The van der Waals surface area contributed by atoms with Gasteiger partial charge in [0.2, 0.25) is 5.76 Å². The quantitative estimate of drug-likeness (QED) is 0.562. The Kier molecular flexibility index (Phi) is 3.91. The zero-order chi connectivity index (χ0) is 17.3. The summed E-state index contributed by atoms with van der Waals surface area (Å²) in [6.07, 6.45) is 0. The number of aryl methyl sites for hydroxylation is 1. The van der Waals surface area contributed by atoms with Gasteiger partial charge >= 0.3 is 5.97 Å². The number of nitro benzene ring substituents is 1. The summed E-state index contributed by atoms with van der Waals surface area (Å²) >= 11 is 0. The molecule has 0 aliphatic carbocycles. The number of non-ortho nitro benzene ring substituents is 1. The lowest BCUT2D eigenvalue weighted by Crippen LogP contribution is -1.98. The van der Waals surface area contributed by atoms with Crippen molar-refractivity contribution < 1.29 is 24.0 Å². The summed E-state index contributed by atoms with van der Waals surface area (Å²) in [5.41, 5.74) is 1.71. The minimum Gasteiger partial charge on any atom is -0.488 e. The number of rotatable bonds is 5. The molecule has 0 unspecified atom stereocenters. The van der Waals surface area contributed by atoms with Crippen LogP contribution in [-0.4, -0.2) is 16.0 Å². The molecule has 0 saturated heterocycles. The number of hydrogen-bond donors (Lipinski definition) is 1. The van der Waals surface area contributed by atoms with Gasteiger partial charge in [0.25, 0.3) is 5.69 Å². The second-order valence-corrected chi connectivity index (χ2v) is 5.20. The number of aromatic carboxylic acids is 1. The van der Waals surface area contributed by atoms with Crippen LogP contribution in [0.1, 0.15) is 21.7 Å². The van der Waals surface area contributed by atoms with Gasteiger partial charge in [-0.05, 0) is 36.8 Å². The lowest BCUT2D eigenvalue weighted by atomic mass is 10.1. The van der Waals surface area contributed by atoms with Crippen LogP contribution in [0.25, 0.3) is 11.0 Å². The minimum absolute atomic E-state index is 0.0117. The van der Waals surface area contributed by atoms with Crippen LogP contribution in [0.3, 0.4) is 0 Å². The molecule has 0 fully saturated rings. The van der Waals surface area contributed by atoms with E-state index in [0.29, 0.717) is 22.3 Å². The molecule has 1 heterocycles. The third-order valence-corrected chi connectivity index (χ3v) is 3.65. The molecule has 3 aromatic rings. The molecule has 0 atom stereocenters. The van der Waals surface area contributed by atoms with Gasteiger partial charge in [0, 0.05) is 17.7 Å². The molecule has 0 aliphatic heterocycles. The van der Waals surface area contributed by atoms with E-state index in [2.05, 4.69) is 0 Å². The molecule has 7 nitrogen and oxygen atoms in total. The molecule has 1 N–H and O–H groups in total. The highest BCUT2D eigenvalue weighted by atomic mass is 16.6. The number of carboxylic acid groups (broad SMARTS) is 1. The zero-order valence-corrected chi connectivity index (χ0v) is 12.7. The van der Waals surface area contributed by atoms with Crippen molar-refractivity contribution in [2.24, 2.45) is 0 Å².